The van der Waals surface area contributed by atoms with Crippen molar-refractivity contribution in [1.82, 2.24) is 4.90 Å². The predicted octanol–water partition coefficient (Wildman–Crippen LogP) is 0.106. The third kappa shape index (κ3) is 2.77. The van der Waals surface area contributed by atoms with E-state index in [4.69, 9.17) is 11.5 Å². The zero-order chi connectivity index (χ0) is 8.32. The van der Waals surface area contributed by atoms with E-state index in [2.05, 4.69) is 11.8 Å². The normalized spacial score (nSPS) is 25.4. The van der Waals surface area contributed by atoms with Gasteiger partial charge in [0.05, 0.1) is 5.66 Å². The molecule has 0 aliphatic carbocycles. The standard InChI is InChI=1S/C8H19N3/c1-2-5-11-6-3-8(9,10)4-7-11/h2-7,9-10H2,1H3. The second-order valence-corrected chi connectivity index (χ2v) is 3.57. The highest BCUT2D eigenvalue weighted by Gasteiger charge is 2.25. The Morgan fingerprint density at radius 1 is 1.27 bits per heavy atom. The van der Waals surface area contributed by atoms with Gasteiger partial charge in [0.25, 0.3) is 0 Å². The zero-order valence-electron chi connectivity index (χ0n) is 7.34. The van der Waals surface area contributed by atoms with E-state index in [1.165, 1.54) is 13.0 Å². The van der Waals surface area contributed by atoms with Crippen LogP contribution in [0.2, 0.25) is 0 Å². The highest BCUT2D eigenvalue weighted by Crippen LogP contribution is 2.13. The van der Waals surface area contributed by atoms with Gasteiger partial charge in [0, 0.05) is 13.1 Å². The minimum absolute atomic E-state index is 0.385. The SMILES string of the molecule is CCCN1CCC(N)(N)CC1. The lowest BCUT2D eigenvalue weighted by Crippen LogP contribution is -2.56. The molecule has 0 atom stereocenters. The molecule has 1 heterocycles. The molecule has 0 radical (unpaired) electrons. The average Bonchev–Trinajstić information content (AvgIpc) is 1.94. The molecule has 11 heavy (non-hydrogen) atoms. The topological polar surface area (TPSA) is 55.3 Å². The van der Waals surface area contributed by atoms with Gasteiger partial charge in [-0.2, -0.15) is 0 Å². The molecule has 0 aromatic heterocycles. The van der Waals surface area contributed by atoms with Crippen molar-refractivity contribution in [3.05, 3.63) is 0 Å². The molecule has 4 N–H and O–H groups in total. The van der Waals surface area contributed by atoms with E-state index in [0.717, 1.165) is 25.9 Å². The highest BCUT2D eigenvalue weighted by molar-refractivity contribution is 4.84. The van der Waals surface area contributed by atoms with Crippen molar-refractivity contribution in [2.75, 3.05) is 19.6 Å². The molecule has 1 aliphatic heterocycles. The van der Waals surface area contributed by atoms with Crippen LogP contribution < -0.4 is 11.5 Å². The summed E-state index contributed by atoms with van der Waals surface area (Å²) >= 11 is 0. The zero-order valence-corrected chi connectivity index (χ0v) is 7.34. The van der Waals surface area contributed by atoms with Gasteiger partial charge in [-0.25, -0.2) is 0 Å². The molecule has 0 bridgehead atoms. The number of likely N-dealkylation sites (tertiary alicyclic amines) is 1. The fourth-order valence-corrected chi connectivity index (χ4v) is 1.51. The van der Waals surface area contributed by atoms with Crippen LogP contribution >= 0.6 is 0 Å². The number of hydrogen-bond donors (Lipinski definition) is 2. The molecule has 0 aromatic rings. The van der Waals surface area contributed by atoms with Crippen molar-refractivity contribution < 1.29 is 0 Å². The second-order valence-electron chi connectivity index (χ2n) is 3.57. The monoisotopic (exact) mass is 157 g/mol. The third-order valence-corrected chi connectivity index (χ3v) is 2.33. The van der Waals surface area contributed by atoms with Crippen molar-refractivity contribution in [3.8, 4) is 0 Å². The Labute approximate surface area is 68.7 Å². The third-order valence-electron chi connectivity index (χ3n) is 2.33. The summed E-state index contributed by atoms with van der Waals surface area (Å²) < 4.78 is 0. The Balaban J connectivity index is 2.25. The minimum Gasteiger partial charge on any atom is -0.313 e. The summed E-state index contributed by atoms with van der Waals surface area (Å²) in [5, 5.41) is 0. The van der Waals surface area contributed by atoms with Crippen molar-refractivity contribution >= 4 is 0 Å². The Bertz CT molecular complexity index is 113. The lowest BCUT2D eigenvalue weighted by Gasteiger charge is -2.36. The van der Waals surface area contributed by atoms with E-state index in [-0.39, 0.29) is 5.66 Å². The molecule has 1 saturated heterocycles. The van der Waals surface area contributed by atoms with E-state index < -0.39 is 0 Å². The molecule has 3 nitrogen and oxygen atoms in total. The first-order chi connectivity index (χ1) is 5.14. The molecule has 0 unspecified atom stereocenters. The van der Waals surface area contributed by atoms with E-state index in [0.29, 0.717) is 0 Å². The maximum Gasteiger partial charge on any atom is 0.0661 e. The minimum atomic E-state index is -0.385. The number of hydrogen-bond acceptors (Lipinski definition) is 3. The number of nitrogens with two attached hydrogens (primary N) is 2. The molecule has 3 heteroatoms. The van der Waals surface area contributed by atoms with Gasteiger partial charge in [0.2, 0.25) is 0 Å². The summed E-state index contributed by atoms with van der Waals surface area (Å²) in [7, 11) is 0. The second kappa shape index (κ2) is 3.52. The Morgan fingerprint density at radius 3 is 2.27 bits per heavy atom. The summed E-state index contributed by atoms with van der Waals surface area (Å²) in [5.74, 6) is 0. The summed E-state index contributed by atoms with van der Waals surface area (Å²) in [4.78, 5) is 2.43. The number of nitrogens with zero attached hydrogens (tertiary/aromatic N) is 1. The lowest BCUT2D eigenvalue weighted by atomic mass is 9.99. The van der Waals surface area contributed by atoms with Gasteiger partial charge in [-0.1, -0.05) is 6.92 Å². The van der Waals surface area contributed by atoms with Gasteiger partial charge in [-0.3, -0.25) is 0 Å². The Kier molecular flexibility index (Phi) is 2.87. The van der Waals surface area contributed by atoms with Crippen molar-refractivity contribution in [1.29, 1.82) is 0 Å². The molecule has 0 amide bonds. The summed E-state index contributed by atoms with van der Waals surface area (Å²) in [6.07, 6.45) is 3.10. The molecule has 66 valence electrons. The average molecular weight is 157 g/mol. The smallest absolute Gasteiger partial charge is 0.0661 e. The molecule has 0 aromatic carbocycles. The molecular weight excluding hydrogens is 138 g/mol. The van der Waals surface area contributed by atoms with Crippen LogP contribution in [-0.4, -0.2) is 30.2 Å². The van der Waals surface area contributed by atoms with Gasteiger partial charge < -0.3 is 16.4 Å². The fourth-order valence-electron chi connectivity index (χ4n) is 1.51. The molecule has 0 saturated carbocycles. The Hall–Kier alpha value is -0.120. The van der Waals surface area contributed by atoms with E-state index >= 15 is 0 Å². The van der Waals surface area contributed by atoms with Crippen LogP contribution in [0.25, 0.3) is 0 Å². The van der Waals surface area contributed by atoms with E-state index in [9.17, 15) is 0 Å². The van der Waals surface area contributed by atoms with Gasteiger partial charge >= 0.3 is 0 Å². The largest absolute Gasteiger partial charge is 0.313 e. The van der Waals surface area contributed by atoms with E-state index in [1.807, 2.05) is 0 Å². The molecule has 1 aliphatic rings. The summed E-state index contributed by atoms with van der Waals surface area (Å²) in [5.41, 5.74) is 11.2. The van der Waals surface area contributed by atoms with Crippen LogP contribution in [0.3, 0.4) is 0 Å². The molecule has 1 rings (SSSR count). The van der Waals surface area contributed by atoms with Gasteiger partial charge in [-0.05, 0) is 25.8 Å². The Morgan fingerprint density at radius 2 is 1.82 bits per heavy atom. The first-order valence-electron chi connectivity index (χ1n) is 4.44. The summed E-state index contributed by atoms with van der Waals surface area (Å²) in [6.45, 7) is 5.53. The van der Waals surface area contributed by atoms with Gasteiger partial charge in [0.15, 0.2) is 0 Å². The highest BCUT2D eigenvalue weighted by atomic mass is 15.2. The lowest BCUT2D eigenvalue weighted by molar-refractivity contribution is 0.165. The van der Waals surface area contributed by atoms with Crippen LogP contribution in [0.15, 0.2) is 0 Å². The summed E-state index contributed by atoms with van der Waals surface area (Å²) in [6, 6.07) is 0. The van der Waals surface area contributed by atoms with Crippen molar-refractivity contribution in [2.24, 2.45) is 11.5 Å². The number of piperidine rings is 1. The fraction of sp³-hybridized carbons (Fsp3) is 1.00. The van der Waals surface area contributed by atoms with Crippen molar-refractivity contribution in [3.63, 3.8) is 0 Å². The maximum absolute atomic E-state index is 5.79. The van der Waals surface area contributed by atoms with Crippen LogP contribution in [0.1, 0.15) is 26.2 Å². The quantitative estimate of drug-likeness (QED) is 0.559. The molecule has 0 spiro atoms. The molecule has 1 fully saturated rings. The number of rotatable bonds is 2. The van der Waals surface area contributed by atoms with Gasteiger partial charge in [-0.15, -0.1) is 0 Å². The van der Waals surface area contributed by atoms with Crippen LogP contribution in [-0.2, 0) is 0 Å². The maximum atomic E-state index is 5.79. The van der Waals surface area contributed by atoms with Crippen LogP contribution in [0.5, 0.6) is 0 Å². The van der Waals surface area contributed by atoms with Crippen LogP contribution in [0, 0.1) is 0 Å². The van der Waals surface area contributed by atoms with Gasteiger partial charge in [0.1, 0.15) is 0 Å². The first kappa shape index (κ1) is 8.97. The van der Waals surface area contributed by atoms with E-state index in [1.54, 1.807) is 0 Å². The van der Waals surface area contributed by atoms with Crippen molar-refractivity contribution in [2.45, 2.75) is 31.8 Å². The van der Waals surface area contributed by atoms with Crippen LogP contribution in [0.4, 0.5) is 0 Å². The predicted molar refractivity (Wildman–Crippen MR) is 47.1 cm³/mol. The first-order valence-corrected chi connectivity index (χ1v) is 4.44. The molecular formula is C8H19N3.